The first kappa shape index (κ1) is 20.7. The fourth-order valence-corrected chi connectivity index (χ4v) is 4.33. The van der Waals surface area contributed by atoms with Crippen molar-refractivity contribution in [3.05, 3.63) is 42.0 Å². The number of carbonyl (C=O) groups is 4. The summed E-state index contributed by atoms with van der Waals surface area (Å²) in [5.41, 5.74) is -2.07. The van der Waals surface area contributed by atoms with E-state index < -0.39 is 59.1 Å². The summed E-state index contributed by atoms with van der Waals surface area (Å²) in [6.07, 6.45) is 2.55. The Labute approximate surface area is 168 Å². The quantitative estimate of drug-likeness (QED) is 0.638. The molecule has 29 heavy (non-hydrogen) atoms. The molecule has 0 aromatic heterocycles. The molecule has 1 aromatic carbocycles. The molecule has 2 saturated heterocycles. The molecule has 2 amide bonds. The molecule has 1 aromatic rings. The van der Waals surface area contributed by atoms with Gasteiger partial charge in [0.05, 0.1) is 18.3 Å². The van der Waals surface area contributed by atoms with Crippen LogP contribution < -0.4 is 5.32 Å². The lowest BCUT2D eigenvalue weighted by Gasteiger charge is -2.34. The molecule has 0 saturated carbocycles. The lowest BCUT2D eigenvalue weighted by Crippen LogP contribution is -2.59. The zero-order valence-corrected chi connectivity index (χ0v) is 16.5. The molecule has 0 radical (unpaired) electrons. The largest absolute Gasteiger partial charge is 0.481 e. The molecule has 2 aliphatic heterocycles. The highest BCUT2D eigenvalue weighted by Gasteiger charge is 2.69. The highest BCUT2D eigenvalue weighted by atomic mass is 16.4. The zero-order chi connectivity index (χ0) is 21.6. The van der Waals surface area contributed by atoms with Gasteiger partial charge in [0.15, 0.2) is 0 Å². The minimum absolute atomic E-state index is 0.490. The smallest absolute Gasteiger partial charge is 0.325 e. The van der Waals surface area contributed by atoms with Crippen LogP contribution in [0.4, 0.5) is 0 Å². The van der Waals surface area contributed by atoms with Crippen LogP contribution >= 0.6 is 0 Å². The Morgan fingerprint density at radius 1 is 1.14 bits per heavy atom. The van der Waals surface area contributed by atoms with E-state index in [1.165, 1.54) is 0 Å². The second kappa shape index (κ2) is 7.11. The van der Waals surface area contributed by atoms with Crippen LogP contribution in [0.3, 0.4) is 0 Å². The second-order valence-corrected chi connectivity index (χ2v) is 8.47. The number of benzene rings is 1. The molecule has 3 N–H and O–H groups in total. The summed E-state index contributed by atoms with van der Waals surface area (Å²) in [4.78, 5) is 51.1. The van der Waals surface area contributed by atoms with Crippen LogP contribution in [0.2, 0.25) is 0 Å². The third kappa shape index (κ3) is 3.44. The molecule has 3 rings (SSSR count). The van der Waals surface area contributed by atoms with Gasteiger partial charge in [-0.1, -0.05) is 42.5 Å². The fraction of sp³-hybridized carbons (Fsp3) is 0.429. The number of carboxylic acids is 2. The second-order valence-electron chi connectivity index (χ2n) is 8.47. The van der Waals surface area contributed by atoms with Gasteiger partial charge >= 0.3 is 11.9 Å². The van der Waals surface area contributed by atoms with Gasteiger partial charge in [-0.25, -0.2) is 0 Å². The van der Waals surface area contributed by atoms with Crippen molar-refractivity contribution in [3.8, 4) is 0 Å². The Morgan fingerprint density at radius 2 is 1.76 bits per heavy atom. The molecular weight excluding hydrogens is 376 g/mol. The van der Waals surface area contributed by atoms with Gasteiger partial charge in [-0.15, -0.1) is 0 Å². The summed E-state index contributed by atoms with van der Waals surface area (Å²) in [7, 11) is 0. The van der Waals surface area contributed by atoms with Crippen molar-refractivity contribution in [2.45, 2.75) is 44.3 Å². The molecule has 2 aliphatic rings. The first-order valence-electron chi connectivity index (χ1n) is 9.33. The highest BCUT2D eigenvalue weighted by molar-refractivity contribution is 6.10. The molecule has 4 atom stereocenters. The molecule has 0 aliphatic carbocycles. The van der Waals surface area contributed by atoms with Crippen LogP contribution in [0.5, 0.6) is 0 Å². The van der Waals surface area contributed by atoms with E-state index in [9.17, 15) is 29.4 Å². The standard InChI is InChI=1S/C21H24N2O6/c1-20(2,3)23-17(26)15-13(10-9-12-7-5-4-6-8-12)22-21(19(28)29,11-14(24)25)16(15)18(23)27/h4-10,13,15-16,22H,11H2,1-3H3,(H,24,25)(H,28,29)/b10-9+. The number of hydrogen-bond acceptors (Lipinski definition) is 5. The van der Waals surface area contributed by atoms with Crippen LogP contribution in [0.15, 0.2) is 36.4 Å². The average Bonchev–Trinajstić information content (AvgIpc) is 3.08. The summed E-state index contributed by atoms with van der Waals surface area (Å²) >= 11 is 0. The lowest BCUT2D eigenvalue weighted by atomic mass is 9.78. The van der Waals surface area contributed by atoms with E-state index in [0.717, 1.165) is 10.5 Å². The molecule has 0 bridgehead atoms. The van der Waals surface area contributed by atoms with Crippen molar-refractivity contribution in [1.29, 1.82) is 0 Å². The third-order valence-corrected chi connectivity index (χ3v) is 5.47. The number of hydrogen-bond donors (Lipinski definition) is 3. The van der Waals surface area contributed by atoms with E-state index in [-0.39, 0.29) is 0 Å². The van der Waals surface area contributed by atoms with Crippen molar-refractivity contribution in [2.75, 3.05) is 0 Å². The van der Waals surface area contributed by atoms with Crippen LogP contribution in [-0.4, -0.2) is 56.0 Å². The van der Waals surface area contributed by atoms with Gasteiger partial charge < -0.3 is 10.2 Å². The Hall–Kier alpha value is -3.00. The summed E-state index contributed by atoms with van der Waals surface area (Å²) in [5.74, 6) is -6.25. The van der Waals surface area contributed by atoms with Crippen LogP contribution in [0.1, 0.15) is 32.8 Å². The maximum Gasteiger partial charge on any atom is 0.325 e. The van der Waals surface area contributed by atoms with Crippen LogP contribution in [-0.2, 0) is 19.2 Å². The van der Waals surface area contributed by atoms with E-state index in [2.05, 4.69) is 5.32 Å². The van der Waals surface area contributed by atoms with Crippen molar-refractivity contribution in [1.82, 2.24) is 10.2 Å². The SMILES string of the molecule is CC(C)(C)N1C(=O)C2C(/C=C/c3ccccc3)NC(CC(=O)O)(C(=O)O)C2C1=O. The topological polar surface area (TPSA) is 124 Å². The number of fused-ring (bicyclic) bond motifs is 1. The van der Waals surface area contributed by atoms with Gasteiger partial charge in [-0.2, -0.15) is 0 Å². The first-order chi connectivity index (χ1) is 13.5. The molecular formula is C21H24N2O6. The number of nitrogens with one attached hydrogen (secondary N) is 1. The molecule has 154 valence electrons. The predicted octanol–water partition coefficient (Wildman–Crippen LogP) is 1.37. The van der Waals surface area contributed by atoms with Crippen LogP contribution in [0.25, 0.3) is 6.08 Å². The van der Waals surface area contributed by atoms with E-state index in [0.29, 0.717) is 0 Å². The molecule has 2 fully saturated rings. The van der Waals surface area contributed by atoms with E-state index in [4.69, 9.17) is 0 Å². The number of amides is 2. The van der Waals surface area contributed by atoms with Crippen molar-refractivity contribution in [2.24, 2.45) is 11.8 Å². The summed E-state index contributed by atoms with van der Waals surface area (Å²) in [5, 5.41) is 22.1. The minimum atomic E-state index is -2.06. The number of carbonyl (C=O) groups excluding carboxylic acids is 2. The van der Waals surface area contributed by atoms with Gasteiger partial charge in [-0.3, -0.25) is 29.4 Å². The summed E-state index contributed by atoms with van der Waals surface area (Å²) in [6, 6.07) is 8.41. The van der Waals surface area contributed by atoms with Crippen molar-refractivity contribution >= 4 is 29.8 Å². The number of nitrogens with zero attached hydrogens (tertiary/aromatic N) is 1. The van der Waals surface area contributed by atoms with Gasteiger partial charge in [0.2, 0.25) is 11.8 Å². The third-order valence-electron chi connectivity index (χ3n) is 5.47. The number of aliphatic carboxylic acids is 2. The normalized spacial score (nSPS) is 29.5. The first-order valence-corrected chi connectivity index (χ1v) is 9.33. The fourth-order valence-electron chi connectivity index (χ4n) is 4.33. The van der Waals surface area contributed by atoms with Gasteiger partial charge in [0, 0.05) is 11.6 Å². The van der Waals surface area contributed by atoms with Crippen molar-refractivity contribution in [3.63, 3.8) is 0 Å². The average molecular weight is 400 g/mol. The van der Waals surface area contributed by atoms with Gasteiger partial charge in [0.25, 0.3) is 0 Å². The monoisotopic (exact) mass is 400 g/mol. The van der Waals surface area contributed by atoms with E-state index >= 15 is 0 Å². The summed E-state index contributed by atoms with van der Waals surface area (Å²) in [6.45, 7) is 5.06. The Balaban J connectivity index is 2.09. The highest BCUT2D eigenvalue weighted by Crippen LogP contribution is 2.47. The molecule has 4 unspecified atom stereocenters. The molecule has 0 spiro atoms. The molecule has 2 heterocycles. The van der Waals surface area contributed by atoms with Crippen molar-refractivity contribution < 1.29 is 29.4 Å². The zero-order valence-electron chi connectivity index (χ0n) is 16.5. The van der Waals surface area contributed by atoms with Gasteiger partial charge in [-0.05, 0) is 26.3 Å². The maximum absolute atomic E-state index is 13.2. The number of carboxylic acid groups (broad SMARTS) is 2. The predicted molar refractivity (Wildman–Crippen MR) is 104 cm³/mol. The number of imide groups is 1. The van der Waals surface area contributed by atoms with E-state index in [1.807, 2.05) is 30.3 Å². The lowest BCUT2D eigenvalue weighted by molar-refractivity contribution is -0.157. The Kier molecular flexibility index (Phi) is 5.08. The molecule has 8 nitrogen and oxygen atoms in total. The van der Waals surface area contributed by atoms with E-state index in [1.54, 1.807) is 32.9 Å². The number of likely N-dealkylation sites (tertiary alicyclic amines) is 1. The molecule has 8 heteroatoms. The van der Waals surface area contributed by atoms with Crippen LogP contribution in [0, 0.1) is 11.8 Å². The maximum atomic E-state index is 13.2. The Bertz CT molecular complexity index is 888. The summed E-state index contributed by atoms with van der Waals surface area (Å²) < 4.78 is 0. The minimum Gasteiger partial charge on any atom is -0.481 e. The van der Waals surface area contributed by atoms with Gasteiger partial charge in [0.1, 0.15) is 5.54 Å². The number of rotatable bonds is 5. The Morgan fingerprint density at radius 3 is 2.28 bits per heavy atom.